The molecule has 0 aliphatic heterocycles. The number of pyridine rings is 1. The van der Waals surface area contributed by atoms with Crippen molar-refractivity contribution in [2.24, 2.45) is 9.98 Å². The Bertz CT molecular complexity index is 1720. The molecule has 3 heteroatoms. The molecule has 42 heavy (non-hydrogen) atoms. The lowest BCUT2D eigenvalue weighted by Gasteiger charge is -2.22. The van der Waals surface area contributed by atoms with Gasteiger partial charge in [-0.3, -0.25) is 9.98 Å². The lowest BCUT2D eigenvalue weighted by molar-refractivity contribution is 0.969. The number of benzene rings is 4. The molecule has 0 spiro atoms. The van der Waals surface area contributed by atoms with Crippen LogP contribution >= 0.6 is 0 Å². The smallest absolute Gasteiger partial charge is 0.0849 e. The fraction of sp³-hybridized carbons (Fsp3) is 0.205. The van der Waals surface area contributed by atoms with E-state index in [2.05, 4.69) is 126 Å². The van der Waals surface area contributed by atoms with Gasteiger partial charge in [0.1, 0.15) is 0 Å². The van der Waals surface area contributed by atoms with Crippen LogP contribution in [0.2, 0.25) is 0 Å². The first kappa shape index (κ1) is 28.9. The highest BCUT2D eigenvalue weighted by atomic mass is 14.8. The Morgan fingerprint density at radius 3 is 1.45 bits per heavy atom. The highest BCUT2D eigenvalue weighted by Gasteiger charge is 2.22. The number of aryl methyl sites for hydroxylation is 5. The quantitative estimate of drug-likeness (QED) is 0.147. The zero-order chi connectivity index (χ0) is 29.8. The van der Waals surface area contributed by atoms with Gasteiger partial charge in [0.05, 0.1) is 34.2 Å². The third-order valence-corrected chi connectivity index (χ3v) is 7.74. The number of hydrogen-bond acceptors (Lipinski definition) is 3. The second-order valence-corrected chi connectivity index (χ2v) is 11.3. The molecule has 0 aliphatic rings. The van der Waals surface area contributed by atoms with Crippen LogP contribution in [0.15, 0.2) is 113 Å². The molecule has 0 fully saturated rings. The van der Waals surface area contributed by atoms with Gasteiger partial charge in [-0.15, -0.1) is 0 Å². The van der Waals surface area contributed by atoms with Gasteiger partial charge in [0, 0.05) is 5.92 Å². The van der Waals surface area contributed by atoms with Crippen LogP contribution in [0.25, 0.3) is 0 Å². The molecule has 0 amide bonds. The summed E-state index contributed by atoms with van der Waals surface area (Å²) in [6, 6.07) is 36.4. The van der Waals surface area contributed by atoms with Gasteiger partial charge in [-0.1, -0.05) is 102 Å². The number of rotatable bonds is 7. The minimum Gasteiger partial charge on any atom is -0.251 e. The van der Waals surface area contributed by atoms with Crippen molar-refractivity contribution in [2.75, 3.05) is 0 Å². The Morgan fingerprint density at radius 1 is 0.524 bits per heavy atom. The van der Waals surface area contributed by atoms with Gasteiger partial charge in [-0.2, -0.15) is 0 Å². The lowest BCUT2D eigenvalue weighted by atomic mass is 9.83. The molecule has 0 aliphatic carbocycles. The maximum absolute atomic E-state index is 5.28. The fourth-order valence-corrected chi connectivity index (χ4v) is 5.84. The Morgan fingerprint density at radius 2 is 0.952 bits per heavy atom. The zero-order valence-corrected chi connectivity index (χ0v) is 25.7. The zero-order valence-electron chi connectivity index (χ0n) is 25.7. The highest BCUT2D eigenvalue weighted by Crippen LogP contribution is 2.40. The van der Waals surface area contributed by atoms with Crippen LogP contribution in [-0.2, 0) is 0 Å². The third kappa shape index (κ3) is 6.31. The van der Waals surface area contributed by atoms with E-state index < -0.39 is 0 Å². The molecule has 0 unspecified atom stereocenters. The fourth-order valence-electron chi connectivity index (χ4n) is 5.84. The molecule has 1 aromatic heterocycles. The summed E-state index contributed by atoms with van der Waals surface area (Å²) in [5.41, 5.74) is 15.2. The van der Waals surface area contributed by atoms with Gasteiger partial charge in [-0.05, 0) is 94.0 Å². The van der Waals surface area contributed by atoms with E-state index in [1.54, 1.807) is 0 Å². The normalized spacial score (nSPS) is 12.2. The van der Waals surface area contributed by atoms with Crippen molar-refractivity contribution in [2.45, 2.75) is 54.4 Å². The van der Waals surface area contributed by atoms with E-state index >= 15 is 0 Å². The minimum atomic E-state index is 0.0622. The van der Waals surface area contributed by atoms with Crippen LogP contribution in [0.3, 0.4) is 0 Å². The summed E-state index contributed by atoms with van der Waals surface area (Å²) in [6.45, 7) is 14.8. The summed E-state index contributed by atoms with van der Waals surface area (Å²) in [7, 11) is 0. The van der Waals surface area contributed by atoms with Gasteiger partial charge in [-0.25, -0.2) is 4.98 Å². The summed E-state index contributed by atoms with van der Waals surface area (Å²) in [4.78, 5) is 15.3. The largest absolute Gasteiger partial charge is 0.251 e. The van der Waals surface area contributed by atoms with Crippen LogP contribution in [0, 0.1) is 34.6 Å². The van der Waals surface area contributed by atoms with Gasteiger partial charge < -0.3 is 0 Å². The van der Waals surface area contributed by atoms with Gasteiger partial charge in [0.25, 0.3) is 0 Å². The summed E-state index contributed by atoms with van der Waals surface area (Å²) in [5, 5.41) is 0. The topological polar surface area (TPSA) is 37.6 Å². The molecular weight excluding hydrogens is 510 g/mol. The van der Waals surface area contributed by atoms with Crippen molar-refractivity contribution in [3.8, 4) is 0 Å². The average Bonchev–Trinajstić information content (AvgIpc) is 2.98. The van der Waals surface area contributed by atoms with Gasteiger partial charge in [0.15, 0.2) is 0 Å². The Kier molecular flexibility index (Phi) is 8.59. The molecule has 0 bridgehead atoms. The summed E-state index contributed by atoms with van der Waals surface area (Å²) in [6.07, 6.45) is 0. The van der Waals surface area contributed by atoms with E-state index in [9.17, 15) is 0 Å². The molecule has 0 atom stereocenters. The standard InChI is InChI=1S/C39H39N3/c1-25-21-27(3)38(28(4)22-25)40-30(6)35-19-14-20-36(42-35)31(7)41-39-29(5)23-26(2)24-34(39)37(32-15-10-8-11-16-32)33-17-12-9-13-18-33/h8-24,37H,1-7H3. The van der Waals surface area contributed by atoms with E-state index in [1.165, 1.54) is 38.9 Å². The van der Waals surface area contributed by atoms with Crippen LogP contribution in [0.1, 0.15) is 75.7 Å². The van der Waals surface area contributed by atoms with Crippen molar-refractivity contribution in [3.63, 3.8) is 0 Å². The number of hydrogen-bond donors (Lipinski definition) is 0. The second-order valence-electron chi connectivity index (χ2n) is 11.3. The molecule has 4 aromatic carbocycles. The molecule has 0 N–H and O–H groups in total. The minimum absolute atomic E-state index is 0.0622. The Hall–Kier alpha value is -4.63. The average molecular weight is 550 g/mol. The first-order chi connectivity index (χ1) is 20.2. The van der Waals surface area contributed by atoms with Gasteiger partial charge >= 0.3 is 0 Å². The summed E-state index contributed by atoms with van der Waals surface area (Å²) < 4.78 is 0. The monoisotopic (exact) mass is 549 g/mol. The molecule has 5 aromatic rings. The number of aliphatic imine (C=N–C) groups is 2. The molecule has 0 saturated carbocycles. The Balaban J connectivity index is 1.59. The van der Waals surface area contributed by atoms with E-state index in [4.69, 9.17) is 15.0 Å². The third-order valence-electron chi connectivity index (χ3n) is 7.74. The van der Waals surface area contributed by atoms with E-state index in [0.29, 0.717) is 0 Å². The molecule has 0 radical (unpaired) electrons. The van der Waals surface area contributed by atoms with E-state index in [1.807, 2.05) is 25.1 Å². The van der Waals surface area contributed by atoms with Crippen molar-refractivity contribution in [1.29, 1.82) is 0 Å². The van der Waals surface area contributed by atoms with Crippen LogP contribution in [-0.4, -0.2) is 16.4 Å². The first-order valence-corrected chi connectivity index (χ1v) is 14.6. The molecule has 1 heterocycles. The van der Waals surface area contributed by atoms with Crippen molar-refractivity contribution >= 4 is 22.8 Å². The molecule has 5 rings (SSSR count). The first-order valence-electron chi connectivity index (χ1n) is 14.6. The SMILES string of the molecule is CC(=Nc1c(C)cc(C)cc1C)c1cccc(C(C)=Nc2c(C)cc(C)cc2C(c2ccccc2)c2ccccc2)n1. The number of nitrogens with zero attached hydrogens (tertiary/aromatic N) is 3. The molecule has 0 saturated heterocycles. The predicted octanol–water partition coefficient (Wildman–Crippen LogP) is 10.1. The maximum atomic E-state index is 5.28. The maximum Gasteiger partial charge on any atom is 0.0849 e. The summed E-state index contributed by atoms with van der Waals surface area (Å²) >= 11 is 0. The molecule has 210 valence electrons. The van der Waals surface area contributed by atoms with E-state index in [0.717, 1.165) is 39.7 Å². The summed E-state index contributed by atoms with van der Waals surface area (Å²) in [5.74, 6) is 0.0622. The van der Waals surface area contributed by atoms with Crippen LogP contribution in [0.5, 0.6) is 0 Å². The number of aromatic nitrogens is 1. The van der Waals surface area contributed by atoms with Crippen molar-refractivity contribution in [1.82, 2.24) is 4.98 Å². The van der Waals surface area contributed by atoms with Crippen LogP contribution < -0.4 is 0 Å². The van der Waals surface area contributed by atoms with Crippen LogP contribution in [0.4, 0.5) is 11.4 Å². The van der Waals surface area contributed by atoms with Crippen molar-refractivity contribution < 1.29 is 0 Å². The van der Waals surface area contributed by atoms with E-state index in [-0.39, 0.29) is 5.92 Å². The second kappa shape index (κ2) is 12.5. The highest BCUT2D eigenvalue weighted by molar-refractivity contribution is 6.02. The molecule has 3 nitrogen and oxygen atoms in total. The lowest BCUT2D eigenvalue weighted by Crippen LogP contribution is -2.07. The predicted molar refractivity (Wildman–Crippen MR) is 178 cm³/mol. The Labute approximate surface area is 250 Å². The molecular formula is C39H39N3. The van der Waals surface area contributed by atoms with Crippen molar-refractivity contribution in [3.05, 3.63) is 159 Å². The van der Waals surface area contributed by atoms with Gasteiger partial charge in [0.2, 0.25) is 0 Å².